The molecule has 4 heteroatoms. The van der Waals surface area contributed by atoms with Crippen LogP contribution in [0, 0.1) is 0 Å². The number of nitrogens with zero attached hydrogens (tertiary/aromatic N) is 1. The summed E-state index contributed by atoms with van der Waals surface area (Å²) < 4.78 is 0.716. The molecule has 3 nitrogen and oxygen atoms in total. The zero-order valence-corrected chi connectivity index (χ0v) is 9.13. The summed E-state index contributed by atoms with van der Waals surface area (Å²) in [6.07, 6.45) is 1.60. The molecule has 0 aromatic carbocycles. The molecule has 0 bridgehead atoms. The summed E-state index contributed by atoms with van der Waals surface area (Å²) in [5.41, 5.74) is 0.427. The molecule has 0 saturated heterocycles. The highest BCUT2D eigenvalue weighted by molar-refractivity contribution is 9.10. The van der Waals surface area contributed by atoms with Crippen LogP contribution in [0.2, 0.25) is 0 Å². The van der Waals surface area contributed by atoms with Gasteiger partial charge < -0.3 is 5.32 Å². The highest BCUT2D eigenvalue weighted by Crippen LogP contribution is 2.12. The second-order valence-electron chi connectivity index (χ2n) is 2.96. The summed E-state index contributed by atoms with van der Waals surface area (Å²) in [5.74, 6) is -0.150. The van der Waals surface area contributed by atoms with Crippen molar-refractivity contribution in [2.24, 2.45) is 0 Å². The molecule has 70 valence electrons. The van der Waals surface area contributed by atoms with E-state index in [0.717, 1.165) is 0 Å². The smallest absolute Gasteiger partial charge is 0.271 e. The van der Waals surface area contributed by atoms with Gasteiger partial charge in [-0.3, -0.25) is 4.79 Å². The quantitative estimate of drug-likeness (QED) is 0.862. The van der Waals surface area contributed by atoms with Gasteiger partial charge in [-0.15, -0.1) is 0 Å². The Morgan fingerprint density at radius 3 is 2.85 bits per heavy atom. The topological polar surface area (TPSA) is 42.0 Å². The number of amides is 1. The molecule has 0 atom stereocenters. The van der Waals surface area contributed by atoms with Crippen LogP contribution in [0.3, 0.4) is 0 Å². The Morgan fingerprint density at radius 2 is 2.31 bits per heavy atom. The Kier molecular flexibility index (Phi) is 3.42. The fraction of sp³-hybridized carbons (Fsp3) is 0.333. The molecule has 0 aliphatic heterocycles. The predicted octanol–water partition coefficient (Wildman–Crippen LogP) is 1.98. The largest absolute Gasteiger partial charge is 0.348 e. The molecular weight excluding hydrogens is 232 g/mol. The van der Waals surface area contributed by atoms with E-state index in [4.69, 9.17) is 0 Å². The number of hydrogen-bond donors (Lipinski definition) is 1. The minimum absolute atomic E-state index is 0.126. The lowest BCUT2D eigenvalue weighted by atomic mass is 10.3. The highest BCUT2D eigenvalue weighted by atomic mass is 79.9. The molecular formula is C9H11BrN2O. The second kappa shape index (κ2) is 4.37. The molecule has 13 heavy (non-hydrogen) atoms. The van der Waals surface area contributed by atoms with Gasteiger partial charge in [-0.05, 0) is 41.9 Å². The van der Waals surface area contributed by atoms with E-state index in [1.54, 1.807) is 18.3 Å². The van der Waals surface area contributed by atoms with Crippen molar-refractivity contribution in [3.63, 3.8) is 0 Å². The third kappa shape index (κ3) is 2.81. The molecule has 1 aromatic rings. The molecule has 0 saturated carbocycles. The van der Waals surface area contributed by atoms with E-state index in [1.807, 2.05) is 13.8 Å². The zero-order valence-electron chi connectivity index (χ0n) is 7.54. The zero-order chi connectivity index (χ0) is 9.84. The maximum atomic E-state index is 11.5. The van der Waals surface area contributed by atoms with Crippen molar-refractivity contribution < 1.29 is 4.79 Å². The van der Waals surface area contributed by atoms with Gasteiger partial charge >= 0.3 is 0 Å². The van der Waals surface area contributed by atoms with Crippen molar-refractivity contribution in [1.82, 2.24) is 10.3 Å². The Labute approximate surface area is 85.7 Å². The van der Waals surface area contributed by atoms with Crippen molar-refractivity contribution >= 4 is 21.8 Å². The van der Waals surface area contributed by atoms with Crippen LogP contribution in [0.15, 0.2) is 22.8 Å². The number of halogens is 1. The van der Waals surface area contributed by atoms with Gasteiger partial charge in [0.1, 0.15) is 5.69 Å². The number of aromatic nitrogens is 1. The van der Waals surface area contributed by atoms with Crippen molar-refractivity contribution in [2.75, 3.05) is 0 Å². The molecule has 0 aliphatic carbocycles. The van der Waals surface area contributed by atoms with Crippen LogP contribution >= 0.6 is 15.9 Å². The van der Waals surface area contributed by atoms with Crippen molar-refractivity contribution in [3.05, 3.63) is 28.5 Å². The lowest BCUT2D eigenvalue weighted by Crippen LogP contribution is -2.30. The van der Waals surface area contributed by atoms with E-state index in [1.165, 1.54) is 0 Å². The van der Waals surface area contributed by atoms with Gasteiger partial charge in [-0.1, -0.05) is 0 Å². The third-order valence-corrected chi connectivity index (χ3v) is 2.03. The normalized spacial score (nSPS) is 10.2. The summed E-state index contributed by atoms with van der Waals surface area (Å²) in [7, 11) is 0. The van der Waals surface area contributed by atoms with Gasteiger partial charge in [-0.2, -0.15) is 0 Å². The van der Waals surface area contributed by atoms with Crippen LogP contribution in [0.4, 0.5) is 0 Å². The molecule has 1 rings (SSSR count). The second-order valence-corrected chi connectivity index (χ2v) is 3.82. The number of carbonyl (C=O) groups excluding carboxylic acids is 1. The summed E-state index contributed by atoms with van der Waals surface area (Å²) in [6, 6.07) is 3.69. The number of nitrogens with one attached hydrogen (secondary N) is 1. The standard InChI is InChI=1S/C9H11BrN2O/c1-6(2)12-9(13)8-7(10)4-3-5-11-8/h3-6H,1-2H3,(H,12,13). The highest BCUT2D eigenvalue weighted by Gasteiger charge is 2.10. The minimum Gasteiger partial charge on any atom is -0.348 e. The van der Waals surface area contributed by atoms with E-state index < -0.39 is 0 Å². The van der Waals surface area contributed by atoms with Crippen LogP contribution in [0.1, 0.15) is 24.3 Å². The Hall–Kier alpha value is -0.900. The molecule has 0 spiro atoms. The van der Waals surface area contributed by atoms with Gasteiger partial charge in [0.2, 0.25) is 0 Å². The van der Waals surface area contributed by atoms with Crippen LogP contribution < -0.4 is 5.32 Å². The fourth-order valence-electron chi connectivity index (χ4n) is 0.883. The van der Waals surface area contributed by atoms with E-state index >= 15 is 0 Å². The summed E-state index contributed by atoms with van der Waals surface area (Å²) in [6.45, 7) is 3.82. The van der Waals surface area contributed by atoms with Gasteiger partial charge in [0, 0.05) is 16.7 Å². The Balaban J connectivity index is 2.83. The lowest BCUT2D eigenvalue weighted by molar-refractivity contribution is 0.0937. The first-order chi connectivity index (χ1) is 6.11. The first kappa shape index (κ1) is 10.2. The van der Waals surface area contributed by atoms with Crippen molar-refractivity contribution in [3.8, 4) is 0 Å². The minimum atomic E-state index is -0.150. The molecule has 0 aliphatic rings. The number of pyridine rings is 1. The maximum Gasteiger partial charge on any atom is 0.271 e. The summed E-state index contributed by atoms with van der Waals surface area (Å²) in [5, 5.41) is 2.77. The molecule has 1 amide bonds. The lowest BCUT2D eigenvalue weighted by Gasteiger charge is -2.08. The van der Waals surface area contributed by atoms with Crippen LogP contribution in [0.5, 0.6) is 0 Å². The first-order valence-electron chi connectivity index (χ1n) is 4.02. The Morgan fingerprint density at radius 1 is 1.62 bits per heavy atom. The number of hydrogen-bond acceptors (Lipinski definition) is 2. The third-order valence-electron chi connectivity index (χ3n) is 1.39. The molecule has 1 heterocycles. The monoisotopic (exact) mass is 242 g/mol. The molecule has 1 N–H and O–H groups in total. The summed E-state index contributed by atoms with van der Waals surface area (Å²) >= 11 is 3.26. The SMILES string of the molecule is CC(C)NC(=O)c1ncccc1Br. The predicted molar refractivity (Wildman–Crippen MR) is 54.5 cm³/mol. The number of rotatable bonds is 2. The van der Waals surface area contributed by atoms with Gasteiger partial charge in [-0.25, -0.2) is 4.98 Å². The first-order valence-corrected chi connectivity index (χ1v) is 4.82. The van der Waals surface area contributed by atoms with E-state index in [0.29, 0.717) is 10.2 Å². The van der Waals surface area contributed by atoms with Crippen LogP contribution in [-0.4, -0.2) is 16.9 Å². The molecule has 0 fully saturated rings. The van der Waals surface area contributed by atoms with E-state index in [2.05, 4.69) is 26.2 Å². The van der Waals surface area contributed by atoms with Gasteiger partial charge in [0.05, 0.1) is 0 Å². The van der Waals surface area contributed by atoms with E-state index in [-0.39, 0.29) is 11.9 Å². The van der Waals surface area contributed by atoms with E-state index in [9.17, 15) is 4.79 Å². The van der Waals surface area contributed by atoms with Crippen molar-refractivity contribution in [2.45, 2.75) is 19.9 Å². The summed E-state index contributed by atoms with van der Waals surface area (Å²) in [4.78, 5) is 15.4. The molecule has 0 unspecified atom stereocenters. The van der Waals surface area contributed by atoms with Gasteiger partial charge in [0.25, 0.3) is 5.91 Å². The maximum absolute atomic E-state index is 11.5. The van der Waals surface area contributed by atoms with Crippen molar-refractivity contribution in [1.29, 1.82) is 0 Å². The van der Waals surface area contributed by atoms with Gasteiger partial charge in [0.15, 0.2) is 0 Å². The van der Waals surface area contributed by atoms with Crippen LogP contribution in [-0.2, 0) is 0 Å². The average Bonchev–Trinajstić information content (AvgIpc) is 2.03. The van der Waals surface area contributed by atoms with Crippen LogP contribution in [0.25, 0.3) is 0 Å². The average molecular weight is 243 g/mol. The number of carbonyl (C=O) groups is 1. The fourth-order valence-corrected chi connectivity index (χ4v) is 1.32. The molecule has 0 radical (unpaired) electrons. The molecule has 1 aromatic heterocycles. The Bertz CT molecular complexity index is 312.